The van der Waals surface area contributed by atoms with Gasteiger partial charge in [0.25, 0.3) is 0 Å². The van der Waals surface area contributed by atoms with Crippen molar-refractivity contribution in [2.45, 2.75) is 6.54 Å². The van der Waals surface area contributed by atoms with Crippen molar-refractivity contribution < 1.29 is 14.3 Å². The number of aromatic carboxylic acids is 1. The number of hydrogen-bond donors (Lipinski definition) is 1. The van der Waals surface area contributed by atoms with E-state index in [2.05, 4.69) is 5.10 Å². The van der Waals surface area contributed by atoms with Crippen LogP contribution in [0.4, 0.5) is 4.39 Å². The highest BCUT2D eigenvalue weighted by atomic mass is 35.5. The van der Waals surface area contributed by atoms with Crippen LogP contribution in [0.2, 0.25) is 5.02 Å². The minimum atomic E-state index is -1.18. The summed E-state index contributed by atoms with van der Waals surface area (Å²) in [5.74, 6) is -1.67. The van der Waals surface area contributed by atoms with E-state index in [-0.39, 0.29) is 11.1 Å². The number of carboxylic acids is 1. The average molecular weight is 305 g/mol. The molecule has 0 saturated heterocycles. The third-order valence-corrected chi connectivity index (χ3v) is 3.41. The number of hydrogen-bond acceptors (Lipinski definition) is 2. The van der Waals surface area contributed by atoms with Crippen LogP contribution in [-0.4, -0.2) is 20.9 Å². The number of benzene rings is 2. The molecule has 0 amide bonds. The summed E-state index contributed by atoms with van der Waals surface area (Å²) >= 11 is 5.83. The molecule has 0 spiro atoms. The monoisotopic (exact) mass is 304 g/mol. The summed E-state index contributed by atoms with van der Waals surface area (Å²) in [6.45, 7) is 0.382. The van der Waals surface area contributed by atoms with Gasteiger partial charge in [-0.1, -0.05) is 23.7 Å². The summed E-state index contributed by atoms with van der Waals surface area (Å²) in [5.41, 5.74) is 1.34. The Balaban J connectivity index is 2.10. The zero-order chi connectivity index (χ0) is 15.0. The number of carbonyl (C=O) groups is 1. The maximum absolute atomic E-state index is 13.3. The second-order valence-electron chi connectivity index (χ2n) is 4.60. The highest BCUT2D eigenvalue weighted by molar-refractivity contribution is 6.30. The lowest BCUT2D eigenvalue weighted by molar-refractivity contribution is 0.0691. The molecule has 0 saturated carbocycles. The minimum Gasteiger partial charge on any atom is -0.476 e. The normalized spacial score (nSPS) is 11.0. The Hall–Kier alpha value is -2.40. The van der Waals surface area contributed by atoms with Gasteiger partial charge in [0.1, 0.15) is 5.82 Å². The number of aromatic nitrogens is 2. The van der Waals surface area contributed by atoms with E-state index in [9.17, 15) is 14.3 Å². The summed E-state index contributed by atoms with van der Waals surface area (Å²) in [6.07, 6.45) is 0. The molecule has 0 aliphatic heterocycles. The molecule has 106 valence electrons. The number of nitrogens with zero attached hydrogens (tertiary/aromatic N) is 2. The van der Waals surface area contributed by atoms with Crippen molar-refractivity contribution in [1.29, 1.82) is 0 Å². The molecule has 1 heterocycles. The molecule has 0 fully saturated rings. The Kier molecular flexibility index (Phi) is 3.35. The average Bonchev–Trinajstić information content (AvgIpc) is 2.79. The summed E-state index contributed by atoms with van der Waals surface area (Å²) < 4.78 is 14.9. The van der Waals surface area contributed by atoms with Crippen LogP contribution >= 0.6 is 11.6 Å². The Bertz CT molecular complexity index is 828. The number of fused-ring (bicyclic) bond motifs is 1. The van der Waals surface area contributed by atoms with E-state index in [0.29, 0.717) is 17.1 Å². The lowest BCUT2D eigenvalue weighted by Gasteiger charge is -2.04. The Morgan fingerprint density at radius 2 is 1.95 bits per heavy atom. The van der Waals surface area contributed by atoms with Crippen LogP contribution in [0.25, 0.3) is 10.9 Å². The first-order valence-electron chi connectivity index (χ1n) is 6.18. The quantitative estimate of drug-likeness (QED) is 0.804. The van der Waals surface area contributed by atoms with Gasteiger partial charge >= 0.3 is 5.97 Å². The molecule has 0 aliphatic carbocycles. The molecular weight excluding hydrogens is 295 g/mol. The summed E-state index contributed by atoms with van der Waals surface area (Å²) in [7, 11) is 0. The van der Waals surface area contributed by atoms with Crippen molar-refractivity contribution in [3.8, 4) is 0 Å². The molecule has 0 radical (unpaired) electrons. The van der Waals surface area contributed by atoms with Crippen LogP contribution in [-0.2, 0) is 6.54 Å². The van der Waals surface area contributed by atoms with Crippen molar-refractivity contribution >= 4 is 28.5 Å². The smallest absolute Gasteiger partial charge is 0.357 e. The van der Waals surface area contributed by atoms with Crippen molar-refractivity contribution in [3.05, 3.63) is 64.6 Å². The van der Waals surface area contributed by atoms with Crippen molar-refractivity contribution in [1.82, 2.24) is 9.78 Å². The van der Waals surface area contributed by atoms with Gasteiger partial charge in [-0.15, -0.1) is 0 Å². The van der Waals surface area contributed by atoms with E-state index in [1.54, 1.807) is 16.8 Å². The van der Waals surface area contributed by atoms with Crippen LogP contribution in [0.15, 0.2) is 42.5 Å². The molecule has 0 unspecified atom stereocenters. The largest absolute Gasteiger partial charge is 0.476 e. The number of rotatable bonds is 3. The SMILES string of the molecule is O=C(O)c1nn(Cc2ccc(Cl)cc2)c2ccc(F)cc12. The van der Waals surface area contributed by atoms with E-state index in [1.165, 1.54) is 18.2 Å². The molecule has 0 bridgehead atoms. The molecule has 3 rings (SSSR count). The summed E-state index contributed by atoms with van der Waals surface area (Å²) in [5, 5.41) is 14.1. The van der Waals surface area contributed by atoms with Crippen LogP contribution in [0.3, 0.4) is 0 Å². The fourth-order valence-corrected chi connectivity index (χ4v) is 2.32. The first-order chi connectivity index (χ1) is 10.0. The molecule has 6 heteroatoms. The maximum Gasteiger partial charge on any atom is 0.357 e. The molecule has 4 nitrogen and oxygen atoms in total. The van der Waals surface area contributed by atoms with E-state index in [1.807, 2.05) is 12.1 Å². The van der Waals surface area contributed by atoms with Gasteiger partial charge in [-0.25, -0.2) is 9.18 Å². The van der Waals surface area contributed by atoms with Crippen molar-refractivity contribution in [2.75, 3.05) is 0 Å². The van der Waals surface area contributed by atoms with Crippen LogP contribution in [0, 0.1) is 5.82 Å². The molecule has 1 N–H and O–H groups in total. The lowest BCUT2D eigenvalue weighted by Crippen LogP contribution is -2.04. The Morgan fingerprint density at radius 1 is 1.24 bits per heavy atom. The molecule has 2 aromatic carbocycles. The summed E-state index contributed by atoms with van der Waals surface area (Å²) in [4.78, 5) is 11.2. The van der Waals surface area contributed by atoms with Crippen LogP contribution in [0.5, 0.6) is 0 Å². The molecule has 21 heavy (non-hydrogen) atoms. The number of carboxylic acid groups (broad SMARTS) is 1. The molecular formula is C15H10ClFN2O2. The van der Waals surface area contributed by atoms with Gasteiger partial charge in [-0.3, -0.25) is 4.68 Å². The van der Waals surface area contributed by atoms with Gasteiger partial charge in [0, 0.05) is 10.4 Å². The van der Waals surface area contributed by atoms with Gasteiger partial charge in [-0.05, 0) is 35.9 Å². The van der Waals surface area contributed by atoms with Gasteiger partial charge in [-0.2, -0.15) is 5.10 Å². The molecule has 0 atom stereocenters. The topological polar surface area (TPSA) is 55.1 Å². The zero-order valence-electron chi connectivity index (χ0n) is 10.8. The molecule has 0 aliphatic rings. The highest BCUT2D eigenvalue weighted by Crippen LogP contribution is 2.21. The highest BCUT2D eigenvalue weighted by Gasteiger charge is 2.17. The fraction of sp³-hybridized carbons (Fsp3) is 0.0667. The summed E-state index contributed by atoms with van der Waals surface area (Å²) in [6, 6.07) is 11.2. The fourth-order valence-electron chi connectivity index (χ4n) is 2.19. The van der Waals surface area contributed by atoms with Gasteiger partial charge in [0.05, 0.1) is 12.1 Å². The Labute approximate surface area is 124 Å². The van der Waals surface area contributed by atoms with Crippen molar-refractivity contribution in [2.24, 2.45) is 0 Å². The van der Waals surface area contributed by atoms with Crippen LogP contribution in [0.1, 0.15) is 16.1 Å². The second-order valence-corrected chi connectivity index (χ2v) is 5.04. The predicted molar refractivity (Wildman–Crippen MR) is 77.2 cm³/mol. The van der Waals surface area contributed by atoms with E-state index in [0.717, 1.165) is 5.56 Å². The molecule has 3 aromatic rings. The van der Waals surface area contributed by atoms with Crippen molar-refractivity contribution in [3.63, 3.8) is 0 Å². The van der Waals surface area contributed by atoms with Gasteiger partial charge in [0.2, 0.25) is 0 Å². The van der Waals surface area contributed by atoms with Crippen LogP contribution < -0.4 is 0 Å². The second kappa shape index (κ2) is 5.18. The Morgan fingerprint density at radius 3 is 2.62 bits per heavy atom. The van der Waals surface area contributed by atoms with E-state index >= 15 is 0 Å². The maximum atomic E-state index is 13.3. The molecule has 1 aromatic heterocycles. The third-order valence-electron chi connectivity index (χ3n) is 3.16. The lowest BCUT2D eigenvalue weighted by atomic mass is 10.2. The first kappa shape index (κ1) is 13.6. The van der Waals surface area contributed by atoms with E-state index < -0.39 is 11.8 Å². The first-order valence-corrected chi connectivity index (χ1v) is 6.56. The predicted octanol–water partition coefficient (Wildman–Crippen LogP) is 3.58. The third kappa shape index (κ3) is 2.60. The van der Waals surface area contributed by atoms with Gasteiger partial charge in [0.15, 0.2) is 5.69 Å². The minimum absolute atomic E-state index is 0.154. The van der Waals surface area contributed by atoms with Gasteiger partial charge < -0.3 is 5.11 Å². The standard InChI is InChI=1S/C15H10ClFN2O2/c16-10-3-1-9(2-4-10)8-19-13-6-5-11(17)7-12(13)14(18-19)15(20)21/h1-7H,8H2,(H,20,21). The zero-order valence-corrected chi connectivity index (χ0v) is 11.5. The number of halogens is 2. The van der Waals surface area contributed by atoms with E-state index in [4.69, 9.17) is 11.6 Å².